The van der Waals surface area contributed by atoms with Crippen LogP contribution in [0.1, 0.15) is 34.1 Å². The third-order valence-corrected chi connectivity index (χ3v) is 2.77. The quantitative estimate of drug-likeness (QED) is 0.597. The summed E-state index contributed by atoms with van der Waals surface area (Å²) in [5, 5.41) is 0. The number of hydrogen-bond acceptors (Lipinski definition) is 1. The van der Waals surface area contributed by atoms with Gasteiger partial charge in [-0.2, -0.15) is 0 Å². The second-order valence-electron chi connectivity index (χ2n) is 3.84. The molecule has 1 heteroatoms. The van der Waals surface area contributed by atoms with Crippen molar-refractivity contribution in [2.24, 2.45) is 5.92 Å². The van der Waals surface area contributed by atoms with Crippen molar-refractivity contribution in [3.05, 3.63) is 23.4 Å². The standard InChI is InChI=1S/C12H21N/c1-5-11-8-10(4)9-13(7-3)12(11)6-2/h5-6,10H,7-9H2,1-4H3/b11-5+,12-6+/t10-/m1/s1. The van der Waals surface area contributed by atoms with Gasteiger partial charge in [-0.3, -0.25) is 0 Å². The fourth-order valence-corrected chi connectivity index (χ4v) is 2.16. The number of hydrogen-bond donors (Lipinski definition) is 0. The number of nitrogens with zero attached hydrogens (tertiary/aromatic N) is 1. The summed E-state index contributed by atoms with van der Waals surface area (Å²) in [5.41, 5.74) is 2.96. The van der Waals surface area contributed by atoms with Crippen molar-refractivity contribution in [3.8, 4) is 0 Å². The van der Waals surface area contributed by atoms with Gasteiger partial charge in [0, 0.05) is 18.8 Å². The zero-order chi connectivity index (χ0) is 9.84. The number of likely N-dealkylation sites (N-methyl/N-ethyl adjacent to an activating group) is 1. The summed E-state index contributed by atoms with van der Waals surface area (Å²) in [5.74, 6) is 0.801. The van der Waals surface area contributed by atoms with Crippen LogP contribution < -0.4 is 0 Å². The van der Waals surface area contributed by atoms with E-state index in [-0.39, 0.29) is 0 Å². The normalized spacial score (nSPS) is 30.2. The highest BCUT2D eigenvalue weighted by molar-refractivity contribution is 5.31. The zero-order valence-corrected chi connectivity index (χ0v) is 9.30. The molecule has 13 heavy (non-hydrogen) atoms. The molecule has 0 N–H and O–H groups in total. The second kappa shape index (κ2) is 4.50. The van der Waals surface area contributed by atoms with Crippen LogP contribution >= 0.6 is 0 Å². The Hall–Kier alpha value is -0.720. The van der Waals surface area contributed by atoms with E-state index in [0.29, 0.717) is 0 Å². The van der Waals surface area contributed by atoms with Gasteiger partial charge in [-0.25, -0.2) is 0 Å². The van der Waals surface area contributed by atoms with Gasteiger partial charge in [0.25, 0.3) is 0 Å². The van der Waals surface area contributed by atoms with E-state index in [0.717, 1.165) is 12.5 Å². The molecule has 0 aromatic heterocycles. The van der Waals surface area contributed by atoms with Crippen LogP contribution in [-0.4, -0.2) is 18.0 Å². The van der Waals surface area contributed by atoms with Crippen LogP contribution in [0, 0.1) is 5.92 Å². The minimum absolute atomic E-state index is 0.801. The molecule has 1 aliphatic rings. The Morgan fingerprint density at radius 3 is 2.54 bits per heavy atom. The summed E-state index contributed by atoms with van der Waals surface area (Å²) >= 11 is 0. The summed E-state index contributed by atoms with van der Waals surface area (Å²) in [6.45, 7) is 11.2. The monoisotopic (exact) mass is 179 g/mol. The van der Waals surface area contributed by atoms with E-state index < -0.39 is 0 Å². The molecule has 1 aliphatic heterocycles. The molecule has 0 aromatic rings. The maximum Gasteiger partial charge on any atom is 0.0352 e. The van der Waals surface area contributed by atoms with Gasteiger partial charge in [-0.05, 0) is 38.7 Å². The lowest BCUT2D eigenvalue weighted by molar-refractivity contribution is 0.280. The smallest absolute Gasteiger partial charge is 0.0352 e. The zero-order valence-electron chi connectivity index (χ0n) is 9.30. The van der Waals surface area contributed by atoms with Crippen molar-refractivity contribution in [2.45, 2.75) is 34.1 Å². The Kier molecular flexibility index (Phi) is 3.58. The first-order valence-corrected chi connectivity index (χ1v) is 5.29. The highest BCUT2D eigenvalue weighted by atomic mass is 15.1. The summed E-state index contributed by atoms with van der Waals surface area (Å²) < 4.78 is 0. The first-order valence-electron chi connectivity index (χ1n) is 5.29. The van der Waals surface area contributed by atoms with Crippen LogP contribution in [0.4, 0.5) is 0 Å². The van der Waals surface area contributed by atoms with E-state index in [1.54, 1.807) is 0 Å². The molecule has 0 radical (unpaired) electrons. The van der Waals surface area contributed by atoms with Crippen molar-refractivity contribution in [2.75, 3.05) is 13.1 Å². The lowest BCUT2D eigenvalue weighted by Crippen LogP contribution is -2.33. The van der Waals surface area contributed by atoms with E-state index in [2.05, 4.69) is 44.7 Å². The van der Waals surface area contributed by atoms with E-state index in [1.807, 2.05) is 0 Å². The van der Waals surface area contributed by atoms with E-state index in [9.17, 15) is 0 Å². The molecule has 1 atom stereocenters. The molecule has 74 valence electrons. The van der Waals surface area contributed by atoms with E-state index in [4.69, 9.17) is 0 Å². The minimum atomic E-state index is 0.801. The Morgan fingerprint density at radius 1 is 1.38 bits per heavy atom. The van der Waals surface area contributed by atoms with E-state index >= 15 is 0 Å². The molecule has 1 heterocycles. The van der Waals surface area contributed by atoms with Crippen molar-refractivity contribution < 1.29 is 0 Å². The third kappa shape index (κ3) is 2.15. The Labute approximate surface area is 82.1 Å². The number of rotatable bonds is 1. The van der Waals surface area contributed by atoms with E-state index in [1.165, 1.54) is 24.2 Å². The maximum absolute atomic E-state index is 2.48. The van der Waals surface area contributed by atoms with Crippen molar-refractivity contribution in [3.63, 3.8) is 0 Å². The molecule has 1 rings (SSSR count). The third-order valence-electron chi connectivity index (χ3n) is 2.77. The second-order valence-corrected chi connectivity index (χ2v) is 3.84. The summed E-state index contributed by atoms with van der Waals surface area (Å²) in [6.07, 6.45) is 5.74. The molecule has 1 fully saturated rings. The molecule has 1 nitrogen and oxygen atoms in total. The molecule has 0 saturated carbocycles. The molecular formula is C12H21N. The number of allylic oxidation sites excluding steroid dienone is 3. The molecule has 1 saturated heterocycles. The van der Waals surface area contributed by atoms with Crippen LogP contribution in [0.15, 0.2) is 23.4 Å². The number of piperidine rings is 1. The molecule has 0 unspecified atom stereocenters. The van der Waals surface area contributed by atoms with Crippen molar-refractivity contribution in [1.29, 1.82) is 0 Å². The average molecular weight is 179 g/mol. The fraction of sp³-hybridized carbons (Fsp3) is 0.667. The predicted octanol–water partition coefficient (Wildman–Crippen LogP) is 3.20. The van der Waals surface area contributed by atoms with Crippen LogP contribution in [0.2, 0.25) is 0 Å². The molecule has 0 bridgehead atoms. The predicted molar refractivity (Wildman–Crippen MR) is 58.5 cm³/mol. The van der Waals surface area contributed by atoms with Crippen LogP contribution in [-0.2, 0) is 0 Å². The van der Waals surface area contributed by atoms with Gasteiger partial charge in [0.1, 0.15) is 0 Å². The molecule has 0 aromatic carbocycles. The summed E-state index contributed by atoms with van der Waals surface area (Å²) in [4.78, 5) is 2.48. The average Bonchev–Trinajstić information content (AvgIpc) is 2.16. The van der Waals surface area contributed by atoms with Gasteiger partial charge in [0.15, 0.2) is 0 Å². The molecule has 0 aliphatic carbocycles. The Morgan fingerprint density at radius 2 is 2.08 bits per heavy atom. The van der Waals surface area contributed by atoms with Gasteiger partial charge in [0.2, 0.25) is 0 Å². The summed E-state index contributed by atoms with van der Waals surface area (Å²) in [6, 6.07) is 0. The van der Waals surface area contributed by atoms with Crippen molar-refractivity contribution >= 4 is 0 Å². The maximum atomic E-state index is 2.48. The van der Waals surface area contributed by atoms with Crippen LogP contribution in [0.5, 0.6) is 0 Å². The molecule has 0 spiro atoms. The fourth-order valence-electron chi connectivity index (χ4n) is 2.16. The van der Waals surface area contributed by atoms with Gasteiger partial charge < -0.3 is 4.90 Å². The first kappa shape index (κ1) is 10.4. The highest BCUT2D eigenvalue weighted by Gasteiger charge is 2.21. The topological polar surface area (TPSA) is 3.24 Å². The molecule has 0 amide bonds. The Balaban J connectivity index is 2.87. The summed E-state index contributed by atoms with van der Waals surface area (Å²) in [7, 11) is 0. The SMILES string of the molecule is C/C=C1\C[C@@H](C)CN(CC)\C1=C\C. The van der Waals surface area contributed by atoms with Crippen molar-refractivity contribution in [1.82, 2.24) is 4.90 Å². The minimum Gasteiger partial charge on any atom is -0.372 e. The van der Waals surface area contributed by atoms with Gasteiger partial charge in [-0.1, -0.05) is 19.1 Å². The largest absolute Gasteiger partial charge is 0.372 e. The first-order chi connectivity index (χ1) is 6.22. The van der Waals surface area contributed by atoms with Crippen LogP contribution in [0.25, 0.3) is 0 Å². The highest BCUT2D eigenvalue weighted by Crippen LogP contribution is 2.29. The lowest BCUT2D eigenvalue weighted by Gasteiger charge is -2.36. The Bertz CT molecular complexity index is 225. The van der Waals surface area contributed by atoms with Crippen LogP contribution in [0.3, 0.4) is 0 Å². The van der Waals surface area contributed by atoms with Gasteiger partial charge >= 0.3 is 0 Å². The van der Waals surface area contributed by atoms with Gasteiger partial charge in [-0.15, -0.1) is 0 Å². The molecular weight excluding hydrogens is 158 g/mol. The number of likely N-dealkylation sites (tertiary alicyclic amines) is 1. The van der Waals surface area contributed by atoms with Gasteiger partial charge in [0.05, 0.1) is 0 Å². The lowest BCUT2D eigenvalue weighted by atomic mass is 9.92.